The van der Waals surface area contributed by atoms with E-state index in [1.165, 1.54) is 0 Å². The molecule has 1 aromatic heterocycles. The molecule has 0 saturated carbocycles. The summed E-state index contributed by atoms with van der Waals surface area (Å²) in [5.41, 5.74) is 3.56. The Morgan fingerprint density at radius 1 is 1.12 bits per heavy atom. The minimum Gasteiger partial charge on any atom is -0.497 e. The van der Waals surface area contributed by atoms with Crippen LogP contribution in [0.1, 0.15) is 11.3 Å². The Kier molecular flexibility index (Phi) is 7.37. The molecule has 4 rings (SSSR count). The van der Waals surface area contributed by atoms with Gasteiger partial charge >= 0.3 is 6.03 Å². The van der Waals surface area contributed by atoms with Crippen LogP contribution in [-0.2, 0) is 17.7 Å². The topological polar surface area (TPSA) is 88.9 Å². The predicted octanol–water partition coefficient (Wildman–Crippen LogP) is 3.55. The molecule has 2 N–H and O–H groups in total. The van der Waals surface area contributed by atoms with Gasteiger partial charge in [-0.3, -0.25) is 4.90 Å². The fourth-order valence-electron chi connectivity index (χ4n) is 3.54. The number of oxazole rings is 1. The first kappa shape index (κ1) is 21.9. The molecule has 0 radical (unpaired) electrons. The number of nitrogens with zero attached hydrogens (tertiary/aromatic N) is 2. The van der Waals surface area contributed by atoms with Crippen molar-refractivity contribution >= 4 is 11.7 Å². The van der Waals surface area contributed by atoms with E-state index in [9.17, 15) is 4.79 Å². The molecule has 1 fully saturated rings. The number of anilines is 1. The van der Waals surface area contributed by atoms with Crippen molar-refractivity contribution in [1.29, 1.82) is 0 Å². The van der Waals surface area contributed by atoms with Crippen molar-refractivity contribution in [1.82, 2.24) is 15.2 Å². The molecule has 0 atom stereocenters. The first-order valence-electron chi connectivity index (χ1n) is 10.7. The quantitative estimate of drug-likeness (QED) is 0.562. The Morgan fingerprint density at radius 2 is 1.91 bits per heavy atom. The number of carbonyl (C=O) groups excluding carboxylic acids is 1. The van der Waals surface area contributed by atoms with Crippen LogP contribution in [0.4, 0.5) is 10.5 Å². The Labute approximate surface area is 187 Å². The van der Waals surface area contributed by atoms with Gasteiger partial charge in [0.15, 0.2) is 0 Å². The minimum atomic E-state index is -0.238. The first-order chi connectivity index (χ1) is 15.7. The average molecular weight is 437 g/mol. The molecule has 3 aromatic rings. The van der Waals surface area contributed by atoms with Gasteiger partial charge in [-0.1, -0.05) is 18.2 Å². The van der Waals surface area contributed by atoms with Crippen LogP contribution in [0.5, 0.6) is 5.75 Å². The highest BCUT2D eigenvalue weighted by Gasteiger charge is 2.14. The summed E-state index contributed by atoms with van der Waals surface area (Å²) in [5, 5.41) is 5.86. The van der Waals surface area contributed by atoms with Gasteiger partial charge in [0.25, 0.3) is 0 Å². The number of urea groups is 1. The second kappa shape index (κ2) is 10.8. The SMILES string of the molecule is COc1ccc(-c2nc(CCNC(=O)Nc3ccccc3CN3CCOCC3)co2)cc1. The Hall–Kier alpha value is -3.36. The molecule has 8 nitrogen and oxygen atoms in total. The normalized spacial score (nSPS) is 14.2. The molecule has 2 amide bonds. The lowest BCUT2D eigenvalue weighted by atomic mass is 10.1. The monoisotopic (exact) mass is 436 g/mol. The summed E-state index contributed by atoms with van der Waals surface area (Å²) < 4.78 is 16.2. The second-order valence-corrected chi connectivity index (χ2v) is 7.55. The van der Waals surface area contributed by atoms with Crippen LogP contribution >= 0.6 is 0 Å². The molecule has 1 aliphatic heterocycles. The van der Waals surface area contributed by atoms with Crippen molar-refractivity contribution in [2.45, 2.75) is 13.0 Å². The molecule has 0 aliphatic carbocycles. The number of methoxy groups -OCH3 is 1. The van der Waals surface area contributed by atoms with E-state index in [2.05, 4.69) is 20.5 Å². The fraction of sp³-hybridized carbons (Fsp3) is 0.333. The van der Waals surface area contributed by atoms with Gasteiger partial charge in [-0.05, 0) is 35.9 Å². The molecule has 2 heterocycles. The van der Waals surface area contributed by atoms with Gasteiger partial charge in [-0.15, -0.1) is 0 Å². The lowest BCUT2D eigenvalue weighted by molar-refractivity contribution is 0.0343. The third-order valence-electron chi connectivity index (χ3n) is 5.32. The average Bonchev–Trinajstić information content (AvgIpc) is 3.30. The zero-order chi connectivity index (χ0) is 22.2. The van der Waals surface area contributed by atoms with Crippen LogP contribution in [-0.4, -0.2) is 55.9 Å². The van der Waals surface area contributed by atoms with Crippen LogP contribution in [0.25, 0.3) is 11.5 Å². The number of nitrogens with one attached hydrogen (secondary N) is 2. The molecule has 32 heavy (non-hydrogen) atoms. The molecule has 2 aromatic carbocycles. The minimum absolute atomic E-state index is 0.238. The van der Waals surface area contributed by atoms with Crippen LogP contribution in [0, 0.1) is 0 Å². The Balaban J connectivity index is 1.26. The summed E-state index contributed by atoms with van der Waals surface area (Å²) >= 11 is 0. The molecular formula is C24H28N4O4. The van der Waals surface area contributed by atoms with Crippen molar-refractivity contribution in [3.8, 4) is 17.2 Å². The van der Waals surface area contributed by atoms with Gasteiger partial charge in [0, 0.05) is 43.9 Å². The summed E-state index contributed by atoms with van der Waals surface area (Å²) in [6, 6.07) is 15.2. The van der Waals surface area contributed by atoms with E-state index < -0.39 is 0 Å². The number of morpholine rings is 1. The predicted molar refractivity (Wildman–Crippen MR) is 122 cm³/mol. The number of benzene rings is 2. The van der Waals surface area contributed by atoms with E-state index in [4.69, 9.17) is 13.9 Å². The van der Waals surface area contributed by atoms with Crippen molar-refractivity contribution in [3.05, 3.63) is 66.1 Å². The molecule has 0 unspecified atom stereocenters. The summed E-state index contributed by atoms with van der Waals surface area (Å²) in [6.07, 6.45) is 2.19. The first-order valence-corrected chi connectivity index (χ1v) is 10.7. The maximum atomic E-state index is 12.4. The summed E-state index contributed by atoms with van der Waals surface area (Å²) in [5.74, 6) is 1.33. The summed E-state index contributed by atoms with van der Waals surface area (Å²) in [7, 11) is 1.63. The van der Waals surface area contributed by atoms with Gasteiger partial charge in [-0.25, -0.2) is 9.78 Å². The number of ether oxygens (including phenoxy) is 2. The zero-order valence-corrected chi connectivity index (χ0v) is 18.2. The molecule has 1 aliphatic rings. The fourth-order valence-corrected chi connectivity index (χ4v) is 3.54. The Bertz CT molecular complexity index is 1010. The number of para-hydroxylation sites is 1. The number of hydrogen-bond acceptors (Lipinski definition) is 6. The van der Waals surface area contributed by atoms with E-state index in [1.807, 2.05) is 48.5 Å². The van der Waals surface area contributed by atoms with Gasteiger partial charge in [0.2, 0.25) is 5.89 Å². The van der Waals surface area contributed by atoms with E-state index in [0.29, 0.717) is 18.9 Å². The third kappa shape index (κ3) is 5.87. The van der Waals surface area contributed by atoms with E-state index >= 15 is 0 Å². The van der Waals surface area contributed by atoms with Crippen LogP contribution < -0.4 is 15.4 Å². The highest BCUT2D eigenvalue weighted by molar-refractivity contribution is 5.90. The Morgan fingerprint density at radius 3 is 2.69 bits per heavy atom. The summed E-state index contributed by atoms with van der Waals surface area (Å²) in [4.78, 5) is 19.2. The zero-order valence-electron chi connectivity index (χ0n) is 18.2. The lowest BCUT2D eigenvalue weighted by Crippen LogP contribution is -2.36. The maximum absolute atomic E-state index is 12.4. The largest absolute Gasteiger partial charge is 0.497 e. The summed E-state index contributed by atoms with van der Waals surface area (Å²) in [6.45, 7) is 4.53. The van der Waals surface area contributed by atoms with Gasteiger partial charge in [0.05, 0.1) is 26.0 Å². The number of hydrogen-bond donors (Lipinski definition) is 2. The van der Waals surface area contributed by atoms with E-state index in [0.717, 1.165) is 61.1 Å². The van der Waals surface area contributed by atoms with E-state index in [1.54, 1.807) is 13.4 Å². The maximum Gasteiger partial charge on any atom is 0.319 e. The van der Waals surface area contributed by atoms with Gasteiger partial charge in [0.1, 0.15) is 12.0 Å². The van der Waals surface area contributed by atoms with Crippen molar-refractivity contribution in [2.75, 3.05) is 45.3 Å². The molecule has 0 spiro atoms. The number of amides is 2. The van der Waals surface area contributed by atoms with Crippen molar-refractivity contribution < 1.29 is 18.7 Å². The third-order valence-corrected chi connectivity index (χ3v) is 5.32. The smallest absolute Gasteiger partial charge is 0.319 e. The van der Waals surface area contributed by atoms with Gasteiger partial charge in [-0.2, -0.15) is 0 Å². The van der Waals surface area contributed by atoms with Crippen LogP contribution in [0.3, 0.4) is 0 Å². The number of carbonyl (C=O) groups is 1. The van der Waals surface area contributed by atoms with Crippen LogP contribution in [0.15, 0.2) is 59.2 Å². The molecule has 8 heteroatoms. The van der Waals surface area contributed by atoms with E-state index in [-0.39, 0.29) is 6.03 Å². The molecular weight excluding hydrogens is 408 g/mol. The van der Waals surface area contributed by atoms with Crippen LogP contribution in [0.2, 0.25) is 0 Å². The second-order valence-electron chi connectivity index (χ2n) is 7.55. The highest BCUT2D eigenvalue weighted by Crippen LogP contribution is 2.22. The lowest BCUT2D eigenvalue weighted by Gasteiger charge is -2.27. The van der Waals surface area contributed by atoms with Crippen molar-refractivity contribution in [2.24, 2.45) is 0 Å². The molecule has 1 saturated heterocycles. The molecule has 0 bridgehead atoms. The molecule has 168 valence electrons. The standard InChI is InChI=1S/C24H28N4O4/c1-30-21-8-6-18(7-9-21)23-26-20(17-32-23)10-11-25-24(29)27-22-5-3-2-4-19(22)16-28-12-14-31-15-13-28/h2-9,17H,10-16H2,1H3,(H2,25,27,29). The van der Waals surface area contributed by atoms with Gasteiger partial charge < -0.3 is 24.5 Å². The van der Waals surface area contributed by atoms with Crippen molar-refractivity contribution in [3.63, 3.8) is 0 Å². The number of aromatic nitrogens is 1. The number of rotatable bonds is 8. The highest BCUT2D eigenvalue weighted by atomic mass is 16.5.